The number of hydrogen-bond donors (Lipinski definition) is 5. The van der Waals surface area contributed by atoms with Gasteiger partial charge in [0, 0.05) is 7.11 Å². The van der Waals surface area contributed by atoms with Crippen LogP contribution in [0, 0.1) is 0 Å². The van der Waals surface area contributed by atoms with Gasteiger partial charge >= 0.3 is 0 Å². The van der Waals surface area contributed by atoms with E-state index in [1.54, 1.807) is 0 Å². The van der Waals surface area contributed by atoms with E-state index >= 15 is 0 Å². The fourth-order valence-corrected chi connectivity index (χ4v) is 2.46. The minimum Gasteiger partial charge on any atom is -0.388 e. The summed E-state index contributed by atoms with van der Waals surface area (Å²) in [4.78, 5) is 0. The number of aliphatic hydroxyl groups is 5. The smallest absolute Gasteiger partial charge is 0.189 e. The van der Waals surface area contributed by atoms with Crippen molar-refractivity contribution in [3.63, 3.8) is 0 Å². The van der Waals surface area contributed by atoms with Gasteiger partial charge in [0.05, 0.1) is 19.3 Å². The van der Waals surface area contributed by atoms with Crippen molar-refractivity contribution in [2.24, 2.45) is 0 Å². The highest BCUT2D eigenvalue weighted by Crippen LogP contribution is 2.26. The fourth-order valence-electron chi connectivity index (χ4n) is 2.46. The van der Waals surface area contributed by atoms with Gasteiger partial charge in [-0.2, -0.15) is 0 Å². The van der Waals surface area contributed by atoms with Crippen molar-refractivity contribution in [2.45, 2.75) is 55.6 Å². The normalized spacial score (nSPS) is 47.9. The number of ether oxygens (including phenoxy) is 5. The molecule has 5 N–H and O–H groups in total. The molecule has 8 atom stereocenters. The molecule has 0 saturated carbocycles. The van der Waals surface area contributed by atoms with Crippen molar-refractivity contribution in [3.05, 3.63) is 0 Å². The minimum atomic E-state index is -1.64. The third kappa shape index (κ3) is 3.99. The third-order valence-corrected chi connectivity index (χ3v) is 4.01. The van der Waals surface area contributed by atoms with E-state index in [-0.39, 0.29) is 20.0 Å². The summed E-state index contributed by atoms with van der Waals surface area (Å²) in [6.07, 6.45) is -8.19. The van der Waals surface area contributed by atoms with E-state index in [4.69, 9.17) is 23.7 Å². The maximum Gasteiger partial charge on any atom is 0.189 e. The number of hydrogen-bond acceptors (Lipinski definition) is 10. The van der Waals surface area contributed by atoms with Crippen LogP contribution in [0.15, 0.2) is 0 Å². The second kappa shape index (κ2) is 7.66. The van der Waals surface area contributed by atoms with Gasteiger partial charge < -0.3 is 49.2 Å². The number of aliphatic hydroxyl groups excluding tert-OH is 4. The monoisotopic (exact) mass is 340 g/mol. The van der Waals surface area contributed by atoms with Gasteiger partial charge in [0.2, 0.25) is 0 Å². The third-order valence-electron chi connectivity index (χ3n) is 4.01. The molecule has 2 heterocycles. The molecule has 0 aromatic rings. The molecule has 0 unspecified atom stereocenters. The lowest BCUT2D eigenvalue weighted by Gasteiger charge is -2.38. The fraction of sp³-hybridized carbons (Fsp3) is 1.00. The standard InChI is InChI=1S/C13H24O10/c1-6-7(14)8(15)9(16)11(23-6)22-5-20-3-13(18)4-21-12(19-2)10(13)17/h6-12,14-18H,3-5H2,1-2H3/t6-,7-,8+,9+,10-,11+,12+,13+/m0/s1. The Bertz CT molecular complexity index is 382. The predicted molar refractivity (Wildman–Crippen MR) is 72.0 cm³/mol. The highest BCUT2D eigenvalue weighted by atomic mass is 16.8. The van der Waals surface area contributed by atoms with Crippen LogP contribution in [-0.4, -0.2) is 101 Å². The highest BCUT2D eigenvalue weighted by Gasteiger charge is 2.49. The summed E-state index contributed by atoms with van der Waals surface area (Å²) >= 11 is 0. The Hall–Kier alpha value is -0.400. The molecule has 0 radical (unpaired) electrons. The van der Waals surface area contributed by atoms with Gasteiger partial charge in [0.1, 0.15) is 36.8 Å². The van der Waals surface area contributed by atoms with E-state index in [1.165, 1.54) is 14.0 Å². The summed E-state index contributed by atoms with van der Waals surface area (Å²) in [6.45, 7) is 0.690. The summed E-state index contributed by atoms with van der Waals surface area (Å²) in [5, 5.41) is 49.0. The van der Waals surface area contributed by atoms with Gasteiger partial charge in [-0.1, -0.05) is 0 Å². The molecule has 0 spiro atoms. The maximum absolute atomic E-state index is 10.2. The van der Waals surface area contributed by atoms with Gasteiger partial charge in [0.15, 0.2) is 12.6 Å². The lowest BCUT2D eigenvalue weighted by molar-refractivity contribution is -0.312. The zero-order valence-corrected chi connectivity index (χ0v) is 12.9. The molecule has 0 aliphatic carbocycles. The SMILES string of the molecule is CO[C@@H]1OC[C@](O)(COCO[C@@H]2O[C@@H](C)[C@H](O)[C@@H](O)[C@H]2O)[C@H]1O. The minimum absolute atomic E-state index is 0.169. The molecule has 0 aromatic carbocycles. The molecule has 2 aliphatic heterocycles. The van der Waals surface area contributed by atoms with E-state index in [0.717, 1.165) is 0 Å². The van der Waals surface area contributed by atoms with E-state index in [2.05, 4.69) is 0 Å². The van der Waals surface area contributed by atoms with Crippen LogP contribution in [0.2, 0.25) is 0 Å². The van der Waals surface area contributed by atoms with E-state index in [1.807, 2.05) is 0 Å². The summed E-state index contributed by atoms with van der Waals surface area (Å²) in [6, 6.07) is 0. The van der Waals surface area contributed by atoms with Crippen LogP contribution in [0.4, 0.5) is 0 Å². The molecule has 2 rings (SSSR count). The Morgan fingerprint density at radius 2 is 1.78 bits per heavy atom. The van der Waals surface area contributed by atoms with Gasteiger partial charge in [-0.05, 0) is 6.92 Å². The summed E-state index contributed by atoms with van der Waals surface area (Å²) < 4.78 is 25.4. The number of methoxy groups -OCH3 is 1. The molecule has 10 heteroatoms. The molecule has 0 bridgehead atoms. The Morgan fingerprint density at radius 3 is 2.39 bits per heavy atom. The zero-order valence-electron chi connectivity index (χ0n) is 12.9. The Kier molecular flexibility index (Phi) is 6.30. The van der Waals surface area contributed by atoms with Gasteiger partial charge in [-0.3, -0.25) is 0 Å². The van der Waals surface area contributed by atoms with Crippen LogP contribution in [0.25, 0.3) is 0 Å². The van der Waals surface area contributed by atoms with Crippen molar-refractivity contribution < 1.29 is 49.2 Å². The summed E-state index contributed by atoms with van der Waals surface area (Å²) in [5.41, 5.74) is -1.64. The van der Waals surface area contributed by atoms with Crippen molar-refractivity contribution in [1.82, 2.24) is 0 Å². The average Bonchev–Trinajstić information content (AvgIpc) is 2.82. The molecule has 10 nitrogen and oxygen atoms in total. The lowest BCUT2D eigenvalue weighted by Crippen LogP contribution is -2.57. The van der Waals surface area contributed by atoms with Gasteiger partial charge in [-0.15, -0.1) is 0 Å². The van der Waals surface area contributed by atoms with Gasteiger partial charge in [0.25, 0.3) is 0 Å². The summed E-state index contributed by atoms with van der Waals surface area (Å²) in [7, 11) is 1.34. The summed E-state index contributed by atoms with van der Waals surface area (Å²) in [5.74, 6) is 0. The zero-order chi connectivity index (χ0) is 17.2. The molecule has 0 aromatic heterocycles. The first-order valence-corrected chi connectivity index (χ1v) is 7.24. The van der Waals surface area contributed by atoms with Crippen molar-refractivity contribution in [3.8, 4) is 0 Å². The topological polar surface area (TPSA) is 147 Å². The first-order chi connectivity index (χ1) is 10.8. The van der Waals surface area contributed by atoms with Crippen LogP contribution in [0.1, 0.15) is 6.92 Å². The largest absolute Gasteiger partial charge is 0.388 e. The first-order valence-electron chi connectivity index (χ1n) is 7.24. The molecule has 2 aliphatic rings. The Balaban J connectivity index is 1.75. The van der Waals surface area contributed by atoms with Gasteiger partial charge in [-0.25, -0.2) is 0 Å². The molecule has 136 valence electrons. The second-order valence-corrected chi connectivity index (χ2v) is 5.78. The van der Waals surface area contributed by atoms with Crippen molar-refractivity contribution >= 4 is 0 Å². The molecular formula is C13H24O10. The molecule has 2 fully saturated rings. The average molecular weight is 340 g/mol. The number of rotatable bonds is 6. The van der Waals surface area contributed by atoms with E-state index < -0.39 is 48.7 Å². The van der Waals surface area contributed by atoms with Crippen LogP contribution < -0.4 is 0 Å². The van der Waals surface area contributed by atoms with Crippen LogP contribution in [-0.2, 0) is 23.7 Å². The molecule has 23 heavy (non-hydrogen) atoms. The predicted octanol–water partition coefficient (Wildman–Crippen LogP) is -3.10. The molecule has 0 amide bonds. The Morgan fingerprint density at radius 1 is 1.09 bits per heavy atom. The van der Waals surface area contributed by atoms with E-state index in [0.29, 0.717) is 0 Å². The van der Waals surface area contributed by atoms with Crippen LogP contribution in [0.3, 0.4) is 0 Å². The maximum atomic E-state index is 10.2. The van der Waals surface area contributed by atoms with Crippen LogP contribution in [0.5, 0.6) is 0 Å². The highest BCUT2D eigenvalue weighted by molar-refractivity contribution is 4.93. The first kappa shape index (κ1) is 18.9. The molecular weight excluding hydrogens is 316 g/mol. The Labute approximate surface area is 133 Å². The lowest BCUT2D eigenvalue weighted by atomic mass is 10.0. The van der Waals surface area contributed by atoms with E-state index in [9.17, 15) is 25.5 Å². The second-order valence-electron chi connectivity index (χ2n) is 5.78. The van der Waals surface area contributed by atoms with Crippen molar-refractivity contribution in [2.75, 3.05) is 27.1 Å². The molecule has 2 saturated heterocycles. The van der Waals surface area contributed by atoms with Crippen molar-refractivity contribution in [1.29, 1.82) is 0 Å². The quantitative estimate of drug-likeness (QED) is 0.249. The van der Waals surface area contributed by atoms with Crippen LogP contribution >= 0.6 is 0 Å².